The molecule has 0 aliphatic heterocycles. The summed E-state index contributed by atoms with van der Waals surface area (Å²) in [5.74, 6) is 0.331. The van der Waals surface area contributed by atoms with E-state index in [9.17, 15) is 14.9 Å². The fourth-order valence-corrected chi connectivity index (χ4v) is 3.29. The van der Waals surface area contributed by atoms with Crippen LogP contribution in [0, 0.1) is 10.1 Å². The van der Waals surface area contributed by atoms with Crippen LogP contribution in [-0.2, 0) is 16.0 Å². The molecule has 1 aromatic heterocycles. The van der Waals surface area contributed by atoms with Crippen molar-refractivity contribution in [3.63, 3.8) is 0 Å². The van der Waals surface area contributed by atoms with E-state index in [1.165, 1.54) is 6.08 Å². The lowest BCUT2D eigenvalue weighted by atomic mass is 10.1. The van der Waals surface area contributed by atoms with Gasteiger partial charge in [0.25, 0.3) is 5.70 Å². The summed E-state index contributed by atoms with van der Waals surface area (Å²) in [7, 11) is 0. The molecular formula is C18H24N4O4S. The third-order valence-corrected chi connectivity index (χ3v) is 4.71. The zero-order valence-corrected chi connectivity index (χ0v) is 16.1. The van der Waals surface area contributed by atoms with Crippen molar-refractivity contribution in [2.24, 2.45) is 0 Å². The quantitative estimate of drug-likeness (QED) is 0.259. The first-order valence-corrected chi connectivity index (χ1v) is 9.71. The maximum Gasteiger partial charge on any atom is 0.288 e. The lowest BCUT2D eigenvalue weighted by Crippen LogP contribution is -2.30. The van der Waals surface area contributed by atoms with Crippen LogP contribution in [0.15, 0.2) is 35.5 Å². The molecule has 146 valence electrons. The van der Waals surface area contributed by atoms with Gasteiger partial charge in [0.2, 0.25) is 5.91 Å². The van der Waals surface area contributed by atoms with Crippen molar-refractivity contribution in [2.45, 2.75) is 32.6 Å². The highest BCUT2D eigenvalue weighted by Crippen LogP contribution is 2.18. The Hall–Kier alpha value is -2.52. The van der Waals surface area contributed by atoms with Gasteiger partial charge >= 0.3 is 0 Å². The molecule has 0 atom stereocenters. The van der Waals surface area contributed by atoms with Gasteiger partial charge in [0.05, 0.1) is 16.5 Å². The van der Waals surface area contributed by atoms with Crippen molar-refractivity contribution < 1.29 is 14.5 Å². The van der Waals surface area contributed by atoms with Crippen LogP contribution in [-0.4, -0.2) is 35.5 Å². The van der Waals surface area contributed by atoms with Crippen molar-refractivity contribution in [3.8, 4) is 0 Å². The fraction of sp³-hybridized carbons (Fsp3) is 0.444. The Morgan fingerprint density at radius 2 is 2.19 bits per heavy atom. The van der Waals surface area contributed by atoms with E-state index in [4.69, 9.17) is 4.74 Å². The number of rotatable bonds is 11. The highest BCUT2D eigenvalue weighted by atomic mass is 32.1. The second-order valence-electron chi connectivity index (χ2n) is 5.82. The highest BCUT2D eigenvalue weighted by molar-refractivity contribution is 7.09. The molecule has 0 fully saturated rings. The van der Waals surface area contributed by atoms with Crippen LogP contribution in [0.3, 0.4) is 0 Å². The molecule has 2 N–H and O–H groups in total. The monoisotopic (exact) mass is 392 g/mol. The lowest BCUT2D eigenvalue weighted by molar-refractivity contribution is -0.421. The maximum absolute atomic E-state index is 12.0. The van der Waals surface area contributed by atoms with Crippen LogP contribution in [0.2, 0.25) is 0 Å². The minimum Gasteiger partial charge on any atom is -0.492 e. The van der Waals surface area contributed by atoms with E-state index in [1.807, 2.05) is 12.3 Å². The van der Waals surface area contributed by atoms with E-state index in [0.717, 1.165) is 17.1 Å². The van der Waals surface area contributed by atoms with Crippen molar-refractivity contribution in [3.05, 3.63) is 56.3 Å². The van der Waals surface area contributed by atoms with Crippen LogP contribution >= 0.6 is 11.3 Å². The summed E-state index contributed by atoms with van der Waals surface area (Å²) >= 11 is 1.55. The zero-order chi connectivity index (χ0) is 19.6. The number of hydrogen-bond donors (Lipinski definition) is 2. The van der Waals surface area contributed by atoms with E-state index in [2.05, 4.69) is 22.2 Å². The van der Waals surface area contributed by atoms with Crippen molar-refractivity contribution >= 4 is 23.0 Å². The first kappa shape index (κ1) is 20.8. The first-order chi connectivity index (χ1) is 13.0. The normalized spacial score (nSPS) is 13.5. The molecule has 1 aliphatic rings. The molecule has 1 amide bonds. The van der Waals surface area contributed by atoms with Crippen LogP contribution in [0.25, 0.3) is 5.76 Å². The summed E-state index contributed by atoms with van der Waals surface area (Å²) in [6.07, 6.45) is 5.53. The van der Waals surface area contributed by atoms with E-state index in [-0.39, 0.29) is 18.0 Å². The molecule has 0 aromatic carbocycles. The fourth-order valence-electron chi connectivity index (χ4n) is 2.49. The third kappa shape index (κ3) is 6.61. The molecule has 1 aromatic rings. The van der Waals surface area contributed by atoms with E-state index < -0.39 is 4.92 Å². The Balaban J connectivity index is 1.66. The maximum atomic E-state index is 12.0. The molecule has 2 rings (SSSR count). The molecule has 1 heterocycles. The molecule has 9 heteroatoms. The van der Waals surface area contributed by atoms with Gasteiger partial charge in [-0.15, -0.1) is 11.3 Å². The van der Waals surface area contributed by atoms with Crippen molar-refractivity contribution in [2.75, 3.05) is 19.7 Å². The summed E-state index contributed by atoms with van der Waals surface area (Å²) in [4.78, 5) is 26.9. The molecule has 0 radical (unpaired) electrons. The minimum atomic E-state index is -0.466. The minimum absolute atomic E-state index is 0.0317. The summed E-state index contributed by atoms with van der Waals surface area (Å²) < 4.78 is 5.33. The van der Waals surface area contributed by atoms with Gasteiger partial charge < -0.3 is 15.4 Å². The van der Waals surface area contributed by atoms with Gasteiger partial charge in [0, 0.05) is 31.3 Å². The second kappa shape index (κ2) is 10.6. The molecule has 8 nitrogen and oxygen atoms in total. The topological polar surface area (TPSA) is 106 Å². The number of hydrogen-bond acceptors (Lipinski definition) is 7. The molecular weight excluding hydrogens is 368 g/mol. The molecule has 27 heavy (non-hydrogen) atoms. The van der Waals surface area contributed by atoms with Crippen LogP contribution in [0.5, 0.6) is 0 Å². The number of allylic oxidation sites excluding steroid dienone is 2. The Bertz CT molecular complexity index is 754. The van der Waals surface area contributed by atoms with Gasteiger partial charge in [-0.25, -0.2) is 4.98 Å². The Kier molecular flexibility index (Phi) is 8.15. The van der Waals surface area contributed by atoms with Gasteiger partial charge in [-0.2, -0.15) is 0 Å². The standard InChI is InChI=1S/C18H24N4O4S/c1-3-26-13(2)15-12-27-18(21-15)9-11-19-10-8-17(23)20-14-6-4-5-7-16(14)22(24)25/h6-7,12,19H,2-5,8-11H2,1H3,(H,20,23). The zero-order valence-electron chi connectivity index (χ0n) is 15.3. The molecule has 0 saturated heterocycles. The number of amides is 1. The van der Waals surface area contributed by atoms with Crippen LogP contribution in [0.1, 0.15) is 36.9 Å². The second-order valence-corrected chi connectivity index (χ2v) is 6.77. The van der Waals surface area contributed by atoms with Crippen molar-refractivity contribution in [1.29, 1.82) is 0 Å². The molecule has 0 spiro atoms. The summed E-state index contributed by atoms with van der Waals surface area (Å²) in [5, 5.41) is 19.7. The van der Waals surface area contributed by atoms with E-state index in [0.29, 0.717) is 44.0 Å². The van der Waals surface area contributed by atoms with Crippen molar-refractivity contribution in [1.82, 2.24) is 15.6 Å². The smallest absolute Gasteiger partial charge is 0.288 e. The summed E-state index contributed by atoms with van der Waals surface area (Å²) in [6, 6.07) is 0. The van der Waals surface area contributed by atoms with Gasteiger partial charge in [0.15, 0.2) is 0 Å². The average Bonchev–Trinajstić information content (AvgIpc) is 3.11. The van der Waals surface area contributed by atoms with E-state index >= 15 is 0 Å². The van der Waals surface area contributed by atoms with Crippen LogP contribution < -0.4 is 10.6 Å². The lowest BCUT2D eigenvalue weighted by Gasteiger charge is -2.11. The van der Waals surface area contributed by atoms with Gasteiger partial charge in [-0.3, -0.25) is 14.9 Å². The van der Waals surface area contributed by atoms with Gasteiger partial charge in [-0.05, 0) is 25.8 Å². The third-order valence-electron chi connectivity index (χ3n) is 3.80. The molecule has 0 bridgehead atoms. The molecule has 1 aliphatic carbocycles. The summed E-state index contributed by atoms with van der Waals surface area (Å²) in [6.45, 7) is 7.46. The SMILES string of the molecule is C=C(OCC)c1csc(CCNCCC(=O)NC2=CCCC=C2[N+](=O)[O-])n1. The Morgan fingerprint density at radius 1 is 1.41 bits per heavy atom. The molecule has 0 unspecified atom stereocenters. The average molecular weight is 392 g/mol. The first-order valence-electron chi connectivity index (χ1n) is 8.83. The number of carbonyl (C=O) groups excluding carboxylic acids is 1. The molecule has 0 saturated carbocycles. The Labute approximate surface area is 162 Å². The number of thiazole rings is 1. The number of nitrogens with zero attached hydrogens (tertiary/aromatic N) is 2. The number of ether oxygens (including phenoxy) is 1. The van der Waals surface area contributed by atoms with E-state index in [1.54, 1.807) is 17.4 Å². The number of aromatic nitrogens is 1. The Morgan fingerprint density at radius 3 is 2.93 bits per heavy atom. The predicted octanol–water partition coefficient (Wildman–Crippen LogP) is 2.63. The summed E-state index contributed by atoms with van der Waals surface area (Å²) in [5.41, 5.74) is 1.02. The predicted molar refractivity (Wildman–Crippen MR) is 105 cm³/mol. The van der Waals surface area contributed by atoms with Gasteiger partial charge in [0.1, 0.15) is 17.2 Å². The van der Waals surface area contributed by atoms with Gasteiger partial charge in [-0.1, -0.05) is 12.7 Å². The number of carbonyl (C=O) groups is 1. The number of nitro groups is 1. The highest BCUT2D eigenvalue weighted by Gasteiger charge is 2.21. The largest absolute Gasteiger partial charge is 0.492 e. The number of nitrogens with one attached hydrogen (secondary N) is 2. The van der Waals surface area contributed by atoms with Crippen LogP contribution in [0.4, 0.5) is 0 Å².